The fourth-order valence-corrected chi connectivity index (χ4v) is 1.57. The zero-order valence-electron chi connectivity index (χ0n) is 10.4. The Morgan fingerprint density at radius 3 is 2.75 bits per heavy atom. The highest BCUT2D eigenvalue weighted by molar-refractivity contribution is 5.96. The second-order valence-corrected chi connectivity index (χ2v) is 4.00. The Hall–Kier alpha value is -2.90. The van der Waals surface area contributed by atoms with E-state index >= 15 is 0 Å². The van der Waals surface area contributed by atoms with Crippen LogP contribution in [0.15, 0.2) is 30.5 Å². The smallest absolute Gasteiger partial charge is 0.325 e. The topological polar surface area (TPSA) is 117 Å². The number of hydrogen-bond donors (Lipinski definition) is 3. The molecule has 8 nitrogen and oxygen atoms in total. The average Bonchev–Trinajstić information content (AvgIpc) is 2.83. The first kappa shape index (κ1) is 13.5. The van der Waals surface area contributed by atoms with Gasteiger partial charge in [0.2, 0.25) is 0 Å². The highest BCUT2D eigenvalue weighted by Gasteiger charge is 2.11. The van der Waals surface area contributed by atoms with Gasteiger partial charge in [-0.05, 0) is 12.1 Å². The number of carbonyl (C=O) groups excluding carboxylic acids is 1. The lowest BCUT2D eigenvalue weighted by molar-refractivity contribution is -0.137. The van der Waals surface area contributed by atoms with E-state index in [1.54, 1.807) is 12.1 Å². The number of phenolic OH excluding ortho intramolecular Hbond substituents is 1. The summed E-state index contributed by atoms with van der Waals surface area (Å²) < 4.78 is 1.16. The molecule has 0 bridgehead atoms. The molecule has 1 aromatic heterocycles. The first-order valence-electron chi connectivity index (χ1n) is 5.73. The van der Waals surface area contributed by atoms with Crippen LogP contribution >= 0.6 is 0 Å². The van der Waals surface area contributed by atoms with E-state index in [1.165, 1.54) is 18.3 Å². The summed E-state index contributed by atoms with van der Waals surface area (Å²) in [5.41, 5.74) is 0.584. The number of para-hydroxylation sites is 1. The van der Waals surface area contributed by atoms with E-state index in [-0.39, 0.29) is 24.4 Å². The highest BCUT2D eigenvalue weighted by Crippen LogP contribution is 2.15. The predicted octanol–water partition coefficient (Wildman–Crippen LogP) is -0.00170. The van der Waals surface area contributed by atoms with Gasteiger partial charge in [-0.1, -0.05) is 17.3 Å². The Labute approximate surface area is 113 Å². The summed E-state index contributed by atoms with van der Waals surface area (Å²) in [6.45, 7) is -0.201. The minimum atomic E-state index is -1.03. The number of amides is 1. The fraction of sp³-hybridized carbons (Fsp3) is 0.167. The maximum Gasteiger partial charge on any atom is 0.325 e. The lowest BCUT2D eigenvalue weighted by Gasteiger charge is -2.04. The minimum absolute atomic E-state index is 0.0901. The summed E-state index contributed by atoms with van der Waals surface area (Å²) in [7, 11) is 0. The van der Waals surface area contributed by atoms with E-state index < -0.39 is 11.9 Å². The maximum absolute atomic E-state index is 11.8. The summed E-state index contributed by atoms with van der Waals surface area (Å²) in [6.07, 6.45) is 1.43. The number of nitrogens with zero attached hydrogens (tertiary/aromatic N) is 3. The number of aromatic hydroxyl groups is 1. The highest BCUT2D eigenvalue weighted by atomic mass is 16.4. The number of hydrogen-bond acceptors (Lipinski definition) is 5. The number of benzene rings is 1. The van der Waals surface area contributed by atoms with E-state index in [0.29, 0.717) is 5.69 Å². The second-order valence-electron chi connectivity index (χ2n) is 4.00. The van der Waals surface area contributed by atoms with Crippen LogP contribution in [0.5, 0.6) is 5.75 Å². The monoisotopic (exact) mass is 276 g/mol. The normalized spacial score (nSPS) is 10.2. The molecule has 1 amide bonds. The number of carboxylic acids is 1. The number of carboxylic acid groups (broad SMARTS) is 1. The average molecular weight is 276 g/mol. The van der Waals surface area contributed by atoms with Crippen molar-refractivity contribution in [1.29, 1.82) is 0 Å². The molecule has 2 aromatic rings. The third-order valence-corrected chi connectivity index (χ3v) is 2.46. The van der Waals surface area contributed by atoms with E-state index in [9.17, 15) is 14.7 Å². The molecule has 104 valence electrons. The molecule has 1 aromatic carbocycles. The van der Waals surface area contributed by atoms with Crippen molar-refractivity contribution in [2.75, 3.05) is 0 Å². The van der Waals surface area contributed by atoms with Gasteiger partial charge in [0.15, 0.2) is 0 Å². The van der Waals surface area contributed by atoms with Crippen molar-refractivity contribution >= 4 is 11.9 Å². The van der Waals surface area contributed by atoms with Crippen LogP contribution in [0.25, 0.3) is 0 Å². The predicted molar refractivity (Wildman–Crippen MR) is 66.9 cm³/mol. The van der Waals surface area contributed by atoms with Crippen LogP contribution in [-0.2, 0) is 17.9 Å². The molecule has 0 atom stereocenters. The molecule has 0 aliphatic carbocycles. The van der Waals surface area contributed by atoms with E-state index in [4.69, 9.17) is 5.11 Å². The summed E-state index contributed by atoms with van der Waals surface area (Å²) in [5.74, 6) is -1.59. The second kappa shape index (κ2) is 5.83. The summed E-state index contributed by atoms with van der Waals surface area (Å²) >= 11 is 0. The Morgan fingerprint density at radius 2 is 2.05 bits per heavy atom. The Balaban J connectivity index is 1.95. The van der Waals surface area contributed by atoms with Crippen molar-refractivity contribution in [3.8, 4) is 5.75 Å². The van der Waals surface area contributed by atoms with Gasteiger partial charge in [0, 0.05) is 0 Å². The molecular formula is C12H12N4O4. The van der Waals surface area contributed by atoms with Crippen LogP contribution in [0.1, 0.15) is 16.1 Å². The first-order valence-corrected chi connectivity index (χ1v) is 5.73. The van der Waals surface area contributed by atoms with Crippen LogP contribution < -0.4 is 5.32 Å². The van der Waals surface area contributed by atoms with Crippen molar-refractivity contribution in [1.82, 2.24) is 20.3 Å². The van der Waals surface area contributed by atoms with Crippen LogP contribution in [-0.4, -0.2) is 37.1 Å². The van der Waals surface area contributed by atoms with Crippen molar-refractivity contribution in [3.63, 3.8) is 0 Å². The molecule has 0 aliphatic rings. The van der Waals surface area contributed by atoms with E-state index in [0.717, 1.165) is 4.68 Å². The molecule has 1 heterocycles. The van der Waals surface area contributed by atoms with Crippen LogP contribution in [0.4, 0.5) is 0 Å². The lowest BCUT2D eigenvalue weighted by atomic mass is 10.2. The van der Waals surface area contributed by atoms with E-state index in [1.807, 2.05) is 0 Å². The number of aromatic nitrogens is 3. The maximum atomic E-state index is 11.8. The number of nitrogens with one attached hydrogen (secondary N) is 1. The van der Waals surface area contributed by atoms with Crippen molar-refractivity contribution in [3.05, 3.63) is 41.7 Å². The summed E-state index contributed by atoms with van der Waals surface area (Å²) in [6, 6.07) is 6.16. The number of carbonyl (C=O) groups is 2. The number of rotatable bonds is 5. The Kier molecular flexibility index (Phi) is 3.94. The van der Waals surface area contributed by atoms with Gasteiger partial charge in [0.1, 0.15) is 18.0 Å². The molecule has 0 radical (unpaired) electrons. The largest absolute Gasteiger partial charge is 0.507 e. The molecule has 20 heavy (non-hydrogen) atoms. The van der Waals surface area contributed by atoms with Gasteiger partial charge in [-0.15, -0.1) is 5.10 Å². The first-order chi connectivity index (χ1) is 9.56. The molecule has 0 aliphatic heterocycles. The van der Waals surface area contributed by atoms with Gasteiger partial charge in [-0.2, -0.15) is 0 Å². The van der Waals surface area contributed by atoms with Crippen molar-refractivity contribution in [2.45, 2.75) is 13.1 Å². The quantitative estimate of drug-likeness (QED) is 0.707. The summed E-state index contributed by atoms with van der Waals surface area (Å²) in [4.78, 5) is 22.3. The van der Waals surface area contributed by atoms with Crippen LogP contribution in [0, 0.1) is 0 Å². The zero-order chi connectivity index (χ0) is 14.5. The molecule has 0 fully saturated rings. The number of aliphatic carboxylic acids is 1. The van der Waals surface area contributed by atoms with Crippen LogP contribution in [0.2, 0.25) is 0 Å². The van der Waals surface area contributed by atoms with Crippen molar-refractivity contribution in [2.24, 2.45) is 0 Å². The van der Waals surface area contributed by atoms with Gasteiger partial charge < -0.3 is 15.5 Å². The Morgan fingerprint density at radius 1 is 1.30 bits per heavy atom. The minimum Gasteiger partial charge on any atom is -0.507 e. The third kappa shape index (κ3) is 3.31. The molecule has 2 rings (SSSR count). The summed E-state index contributed by atoms with van der Waals surface area (Å²) in [5, 5.41) is 28.0. The molecule has 0 spiro atoms. The molecule has 3 N–H and O–H groups in total. The zero-order valence-corrected chi connectivity index (χ0v) is 10.4. The van der Waals surface area contributed by atoms with Gasteiger partial charge in [0.05, 0.1) is 18.3 Å². The van der Waals surface area contributed by atoms with Gasteiger partial charge >= 0.3 is 5.97 Å². The molecule has 0 saturated carbocycles. The fourth-order valence-electron chi connectivity index (χ4n) is 1.57. The van der Waals surface area contributed by atoms with Gasteiger partial charge in [0.25, 0.3) is 5.91 Å². The third-order valence-electron chi connectivity index (χ3n) is 2.46. The Bertz CT molecular complexity index is 638. The lowest BCUT2D eigenvalue weighted by Crippen LogP contribution is -2.23. The molecule has 0 saturated heterocycles. The number of phenols is 1. The van der Waals surface area contributed by atoms with Gasteiger partial charge in [-0.3, -0.25) is 9.59 Å². The molecule has 8 heteroatoms. The van der Waals surface area contributed by atoms with Crippen LogP contribution in [0.3, 0.4) is 0 Å². The van der Waals surface area contributed by atoms with Crippen molar-refractivity contribution < 1.29 is 19.8 Å². The van der Waals surface area contributed by atoms with Gasteiger partial charge in [-0.25, -0.2) is 4.68 Å². The molecule has 0 unspecified atom stereocenters. The SMILES string of the molecule is O=C(O)Cn1cc(CNC(=O)c2ccccc2O)nn1. The standard InChI is InChI=1S/C12H12N4O4/c17-10-4-2-1-3-9(10)12(20)13-5-8-6-16(15-14-8)7-11(18)19/h1-4,6,17H,5,7H2,(H,13,20)(H,18,19). The van der Waals surface area contributed by atoms with E-state index in [2.05, 4.69) is 15.6 Å². The molecular weight excluding hydrogens is 264 g/mol.